The molecule has 0 aliphatic rings. The molecule has 0 unspecified atom stereocenters. The summed E-state index contributed by atoms with van der Waals surface area (Å²) in [6.07, 6.45) is 2.40. The van der Waals surface area contributed by atoms with Crippen molar-refractivity contribution in [3.63, 3.8) is 0 Å². The van der Waals surface area contributed by atoms with E-state index in [9.17, 15) is 0 Å². The summed E-state index contributed by atoms with van der Waals surface area (Å²) in [5.74, 6) is 0.805. The van der Waals surface area contributed by atoms with Crippen LogP contribution in [0.5, 0.6) is 5.75 Å². The van der Waals surface area contributed by atoms with Gasteiger partial charge in [0.1, 0.15) is 17.7 Å². The maximum absolute atomic E-state index is 5.53. The van der Waals surface area contributed by atoms with Crippen LogP contribution in [0.1, 0.15) is 5.56 Å². The lowest BCUT2D eigenvalue weighted by Crippen LogP contribution is -2.02. The molecule has 0 saturated carbocycles. The Balaban J connectivity index is 2.37. The normalized spacial score (nSPS) is 10.4. The Bertz CT molecular complexity index is 466. The molecule has 0 saturated heterocycles. The molecule has 4 heteroatoms. The van der Waals surface area contributed by atoms with Crippen LogP contribution in [0.25, 0.3) is 11.3 Å². The molecule has 0 amide bonds. The lowest BCUT2D eigenvalue weighted by molar-refractivity contribution is 0.414. The minimum absolute atomic E-state index is 0.582. The van der Waals surface area contributed by atoms with E-state index in [1.165, 1.54) is 0 Å². The first-order valence-corrected chi connectivity index (χ1v) is 5.13. The summed E-state index contributed by atoms with van der Waals surface area (Å²) >= 11 is 0. The number of nitrogens with zero attached hydrogens (tertiary/aromatic N) is 1. The second-order valence-corrected chi connectivity index (χ2v) is 3.46. The second-order valence-electron chi connectivity index (χ2n) is 3.46. The summed E-state index contributed by atoms with van der Waals surface area (Å²) in [6.45, 7) is 0.582. The van der Waals surface area contributed by atoms with Crippen molar-refractivity contribution in [2.45, 2.75) is 6.42 Å². The van der Waals surface area contributed by atoms with Crippen molar-refractivity contribution in [1.82, 2.24) is 5.16 Å². The van der Waals surface area contributed by atoms with Gasteiger partial charge >= 0.3 is 0 Å². The van der Waals surface area contributed by atoms with Crippen LogP contribution in [0.4, 0.5) is 0 Å². The Morgan fingerprint density at radius 2 is 2.31 bits per heavy atom. The molecule has 0 bridgehead atoms. The largest absolute Gasteiger partial charge is 0.497 e. The van der Waals surface area contributed by atoms with Crippen LogP contribution in [0, 0.1) is 0 Å². The molecule has 0 fully saturated rings. The van der Waals surface area contributed by atoms with E-state index in [0.29, 0.717) is 6.54 Å². The van der Waals surface area contributed by atoms with Gasteiger partial charge in [0.05, 0.1) is 7.11 Å². The van der Waals surface area contributed by atoms with E-state index in [2.05, 4.69) is 5.16 Å². The highest BCUT2D eigenvalue weighted by Gasteiger charge is 2.09. The number of hydrogen-bond acceptors (Lipinski definition) is 4. The Labute approximate surface area is 94.0 Å². The number of rotatable bonds is 4. The first kappa shape index (κ1) is 10.7. The van der Waals surface area contributed by atoms with Crippen LogP contribution in [0.15, 0.2) is 35.1 Å². The zero-order valence-electron chi connectivity index (χ0n) is 9.14. The Morgan fingerprint density at radius 3 is 3.06 bits per heavy atom. The van der Waals surface area contributed by atoms with E-state index < -0.39 is 0 Å². The summed E-state index contributed by atoms with van der Waals surface area (Å²) in [6, 6.07) is 7.72. The molecule has 1 heterocycles. The topological polar surface area (TPSA) is 61.3 Å². The quantitative estimate of drug-likeness (QED) is 0.850. The molecule has 1 aromatic heterocycles. The van der Waals surface area contributed by atoms with Gasteiger partial charge in [-0.25, -0.2) is 0 Å². The SMILES string of the molecule is COc1cccc(-c2nocc2CCN)c1. The van der Waals surface area contributed by atoms with Crippen LogP contribution < -0.4 is 10.5 Å². The van der Waals surface area contributed by atoms with Crippen LogP contribution in [-0.4, -0.2) is 18.8 Å². The van der Waals surface area contributed by atoms with Crippen LogP contribution >= 0.6 is 0 Å². The monoisotopic (exact) mass is 218 g/mol. The molecule has 0 aliphatic heterocycles. The summed E-state index contributed by atoms with van der Waals surface area (Å²) in [5, 5.41) is 3.99. The molecule has 4 nitrogen and oxygen atoms in total. The van der Waals surface area contributed by atoms with E-state index in [1.807, 2.05) is 24.3 Å². The molecule has 2 rings (SSSR count). The van der Waals surface area contributed by atoms with E-state index in [-0.39, 0.29) is 0 Å². The van der Waals surface area contributed by atoms with Gasteiger partial charge in [-0.3, -0.25) is 0 Å². The first-order chi connectivity index (χ1) is 7.85. The zero-order valence-corrected chi connectivity index (χ0v) is 9.14. The fraction of sp³-hybridized carbons (Fsp3) is 0.250. The molecular formula is C12H14N2O2. The number of aromatic nitrogens is 1. The van der Waals surface area contributed by atoms with Crippen molar-refractivity contribution >= 4 is 0 Å². The summed E-state index contributed by atoms with van der Waals surface area (Å²) in [5.41, 5.74) is 8.37. The summed E-state index contributed by atoms with van der Waals surface area (Å²) in [7, 11) is 1.64. The van der Waals surface area contributed by atoms with Crippen molar-refractivity contribution in [3.05, 3.63) is 36.1 Å². The number of ether oxygens (including phenoxy) is 1. The van der Waals surface area contributed by atoms with Gasteiger partial charge in [-0.2, -0.15) is 0 Å². The maximum Gasteiger partial charge on any atom is 0.127 e. The number of methoxy groups -OCH3 is 1. The van der Waals surface area contributed by atoms with Crippen LogP contribution in [0.3, 0.4) is 0 Å². The maximum atomic E-state index is 5.53. The highest BCUT2D eigenvalue weighted by molar-refractivity contribution is 5.63. The molecule has 0 atom stereocenters. The lowest BCUT2D eigenvalue weighted by atomic mass is 10.1. The highest BCUT2D eigenvalue weighted by Crippen LogP contribution is 2.25. The van der Waals surface area contributed by atoms with E-state index in [4.69, 9.17) is 15.0 Å². The number of nitrogens with two attached hydrogens (primary N) is 1. The molecule has 1 aromatic carbocycles. The van der Waals surface area contributed by atoms with Crippen molar-refractivity contribution < 1.29 is 9.26 Å². The average molecular weight is 218 g/mol. The third-order valence-electron chi connectivity index (χ3n) is 2.40. The third kappa shape index (κ3) is 2.06. The fourth-order valence-electron chi connectivity index (χ4n) is 1.60. The van der Waals surface area contributed by atoms with Gasteiger partial charge in [-0.1, -0.05) is 17.3 Å². The van der Waals surface area contributed by atoms with Crippen molar-refractivity contribution in [2.24, 2.45) is 5.73 Å². The minimum atomic E-state index is 0.582. The Morgan fingerprint density at radius 1 is 1.44 bits per heavy atom. The van der Waals surface area contributed by atoms with Crippen LogP contribution in [0.2, 0.25) is 0 Å². The van der Waals surface area contributed by atoms with Crippen molar-refractivity contribution in [2.75, 3.05) is 13.7 Å². The predicted molar refractivity (Wildman–Crippen MR) is 61.2 cm³/mol. The average Bonchev–Trinajstić information content (AvgIpc) is 2.78. The van der Waals surface area contributed by atoms with E-state index in [1.54, 1.807) is 13.4 Å². The Hall–Kier alpha value is -1.81. The van der Waals surface area contributed by atoms with E-state index in [0.717, 1.165) is 29.0 Å². The van der Waals surface area contributed by atoms with Gasteiger partial charge in [0.15, 0.2) is 0 Å². The van der Waals surface area contributed by atoms with Crippen molar-refractivity contribution in [3.8, 4) is 17.0 Å². The lowest BCUT2D eigenvalue weighted by Gasteiger charge is -2.03. The molecule has 0 aliphatic carbocycles. The fourth-order valence-corrected chi connectivity index (χ4v) is 1.60. The van der Waals surface area contributed by atoms with Crippen LogP contribution in [-0.2, 0) is 6.42 Å². The van der Waals surface area contributed by atoms with Gasteiger partial charge in [0.2, 0.25) is 0 Å². The van der Waals surface area contributed by atoms with Gasteiger partial charge < -0.3 is 15.0 Å². The molecular weight excluding hydrogens is 204 g/mol. The minimum Gasteiger partial charge on any atom is -0.497 e. The van der Waals surface area contributed by atoms with E-state index >= 15 is 0 Å². The van der Waals surface area contributed by atoms with Gasteiger partial charge in [0, 0.05) is 11.1 Å². The van der Waals surface area contributed by atoms with Crippen molar-refractivity contribution in [1.29, 1.82) is 0 Å². The molecule has 2 aromatic rings. The summed E-state index contributed by atoms with van der Waals surface area (Å²) in [4.78, 5) is 0. The number of hydrogen-bond donors (Lipinski definition) is 1. The molecule has 2 N–H and O–H groups in total. The third-order valence-corrected chi connectivity index (χ3v) is 2.40. The number of benzene rings is 1. The molecule has 84 valence electrons. The highest BCUT2D eigenvalue weighted by atomic mass is 16.5. The van der Waals surface area contributed by atoms with Gasteiger partial charge in [-0.05, 0) is 25.1 Å². The zero-order chi connectivity index (χ0) is 11.4. The molecule has 0 radical (unpaired) electrons. The standard InChI is InChI=1S/C12H14N2O2/c1-15-11-4-2-3-9(7-11)12-10(5-6-13)8-16-14-12/h2-4,7-8H,5-6,13H2,1H3. The molecule has 0 spiro atoms. The predicted octanol–water partition coefficient (Wildman–Crippen LogP) is 1.85. The van der Waals surface area contributed by atoms with Gasteiger partial charge in [-0.15, -0.1) is 0 Å². The second kappa shape index (κ2) is 4.81. The molecule has 16 heavy (non-hydrogen) atoms. The first-order valence-electron chi connectivity index (χ1n) is 5.13. The summed E-state index contributed by atoms with van der Waals surface area (Å²) < 4.78 is 10.1. The Kier molecular flexibility index (Phi) is 3.22. The van der Waals surface area contributed by atoms with Gasteiger partial charge in [0.25, 0.3) is 0 Å². The smallest absolute Gasteiger partial charge is 0.127 e.